The molecule has 0 N–H and O–H groups in total. The van der Waals surface area contributed by atoms with E-state index in [2.05, 4.69) is 4.98 Å². The van der Waals surface area contributed by atoms with Gasteiger partial charge in [0.2, 0.25) is 0 Å². The van der Waals surface area contributed by atoms with Crippen LogP contribution in [-0.4, -0.2) is 18.4 Å². The molecule has 0 fully saturated rings. The second-order valence-electron chi connectivity index (χ2n) is 4.08. The Morgan fingerprint density at radius 3 is 2.79 bits per heavy atom. The quantitative estimate of drug-likeness (QED) is 0.773. The number of rotatable bonds is 5. The fraction of sp³-hybridized carbons (Fsp3) is 0.200. The molecule has 19 heavy (non-hydrogen) atoms. The fourth-order valence-corrected chi connectivity index (χ4v) is 1.70. The Morgan fingerprint density at radius 2 is 2.11 bits per heavy atom. The number of hydrogen-bond donors (Lipinski definition) is 0. The zero-order valence-electron chi connectivity index (χ0n) is 10.9. The molecule has 0 atom stereocenters. The van der Waals surface area contributed by atoms with Gasteiger partial charge in [0, 0.05) is 11.8 Å². The van der Waals surface area contributed by atoms with Crippen molar-refractivity contribution in [2.75, 3.05) is 7.11 Å². The summed E-state index contributed by atoms with van der Waals surface area (Å²) in [5.74, 6) is 1.15. The van der Waals surface area contributed by atoms with Gasteiger partial charge in [-0.05, 0) is 31.2 Å². The number of benzene rings is 1. The molecule has 0 amide bonds. The van der Waals surface area contributed by atoms with Gasteiger partial charge in [-0.15, -0.1) is 0 Å². The summed E-state index contributed by atoms with van der Waals surface area (Å²) in [6.45, 7) is 2.24. The standard InChI is InChI=1S/C15H15NO3/c1-11-4-3-5-13(16-11)10-19-15-8-14(18-2)7-6-12(15)9-17/h3-9H,10H2,1-2H3. The lowest BCUT2D eigenvalue weighted by Crippen LogP contribution is -2.01. The molecule has 0 unspecified atom stereocenters. The number of carbonyl (C=O) groups is 1. The van der Waals surface area contributed by atoms with Gasteiger partial charge < -0.3 is 9.47 Å². The molecular weight excluding hydrogens is 242 g/mol. The maximum atomic E-state index is 11.0. The third-order valence-electron chi connectivity index (χ3n) is 2.67. The Bertz CT molecular complexity index is 581. The molecule has 0 aliphatic heterocycles. The number of hydrogen-bond acceptors (Lipinski definition) is 4. The second-order valence-corrected chi connectivity index (χ2v) is 4.08. The zero-order valence-corrected chi connectivity index (χ0v) is 10.9. The van der Waals surface area contributed by atoms with E-state index in [9.17, 15) is 4.79 Å². The highest BCUT2D eigenvalue weighted by Gasteiger charge is 2.06. The molecule has 4 heteroatoms. The maximum absolute atomic E-state index is 11.0. The normalized spacial score (nSPS) is 10.0. The lowest BCUT2D eigenvalue weighted by atomic mass is 10.2. The molecule has 1 aromatic heterocycles. The third-order valence-corrected chi connectivity index (χ3v) is 2.67. The van der Waals surface area contributed by atoms with E-state index in [0.717, 1.165) is 17.7 Å². The first-order valence-corrected chi connectivity index (χ1v) is 5.91. The van der Waals surface area contributed by atoms with E-state index in [1.165, 1.54) is 0 Å². The number of ether oxygens (including phenoxy) is 2. The molecule has 0 bridgehead atoms. The summed E-state index contributed by atoms with van der Waals surface area (Å²) < 4.78 is 10.8. The van der Waals surface area contributed by atoms with Crippen molar-refractivity contribution >= 4 is 6.29 Å². The Hall–Kier alpha value is -2.36. The van der Waals surface area contributed by atoms with Crippen LogP contribution in [0.25, 0.3) is 0 Å². The van der Waals surface area contributed by atoms with Crippen LogP contribution in [0.3, 0.4) is 0 Å². The SMILES string of the molecule is COc1ccc(C=O)c(OCc2cccc(C)n2)c1. The number of methoxy groups -OCH3 is 1. The van der Waals surface area contributed by atoms with Crippen molar-refractivity contribution in [1.82, 2.24) is 4.98 Å². The van der Waals surface area contributed by atoms with Gasteiger partial charge in [-0.2, -0.15) is 0 Å². The van der Waals surface area contributed by atoms with Gasteiger partial charge in [-0.25, -0.2) is 0 Å². The van der Waals surface area contributed by atoms with Gasteiger partial charge in [0.25, 0.3) is 0 Å². The summed E-state index contributed by atoms with van der Waals surface area (Å²) in [6.07, 6.45) is 0.762. The summed E-state index contributed by atoms with van der Waals surface area (Å²) in [5, 5.41) is 0. The van der Waals surface area contributed by atoms with Crippen molar-refractivity contribution in [2.45, 2.75) is 13.5 Å². The second kappa shape index (κ2) is 6.00. The number of nitrogens with zero attached hydrogens (tertiary/aromatic N) is 1. The van der Waals surface area contributed by atoms with Crippen molar-refractivity contribution in [2.24, 2.45) is 0 Å². The molecular formula is C15H15NO3. The Morgan fingerprint density at radius 1 is 1.26 bits per heavy atom. The number of aromatic nitrogens is 1. The van der Waals surface area contributed by atoms with Gasteiger partial charge in [-0.3, -0.25) is 9.78 Å². The van der Waals surface area contributed by atoms with Crippen LogP contribution in [0.4, 0.5) is 0 Å². The first-order valence-electron chi connectivity index (χ1n) is 5.91. The molecule has 1 heterocycles. The minimum absolute atomic E-state index is 0.315. The minimum atomic E-state index is 0.315. The number of pyridine rings is 1. The summed E-state index contributed by atoms with van der Waals surface area (Å²) >= 11 is 0. The Labute approximate surface area is 112 Å². The van der Waals surface area contributed by atoms with E-state index in [1.54, 1.807) is 25.3 Å². The lowest BCUT2D eigenvalue weighted by Gasteiger charge is -2.10. The van der Waals surface area contributed by atoms with Crippen LogP contribution in [0.15, 0.2) is 36.4 Å². The highest BCUT2D eigenvalue weighted by molar-refractivity contribution is 5.79. The van der Waals surface area contributed by atoms with E-state index in [-0.39, 0.29) is 0 Å². The van der Waals surface area contributed by atoms with E-state index < -0.39 is 0 Å². The first-order chi connectivity index (χ1) is 9.22. The van der Waals surface area contributed by atoms with Crippen molar-refractivity contribution in [1.29, 1.82) is 0 Å². The topological polar surface area (TPSA) is 48.4 Å². The molecule has 4 nitrogen and oxygen atoms in total. The van der Waals surface area contributed by atoms with Crippen LogP contribution >= 0.6 is 0 Å². The molecule has 2 aromatic rings. The summed E-state index contributed by atoms with van der Waals surface area (Å²) in [4.78, 5) is 15.3. The minimum Gasteiger partial charge on any atom is -0.497 e. The number of aryl methyl sites for hydroxylation is 1. The predicted octanol–water partition coefficient (Wildman–Crippen LogP) is 2.79. The summed E-state index contributed by atoms with van der Waals surface area (Å²) in [7, 11) is 1.57. The third kappa shape index (κ3) is 3.31. The molecule has 0 saturated carbocycles. The van der Waals surface area contributed by atoms with Crippen molar-refractivity contribution in [3.8, 4) is 11.5 Å². The first kappa shape index (κ1) is 13.1. The van der Waals surface area contributed by atoms with Crippen LogP contribution in [0.1, 0.15) is 21.7 Å². The molecule has 0 aliphatic carbocycles. The van der Waals surface area contributed by atoms with Gasteiger partial charge in [-0.1, -0.05) is 6.07 Å². The highest BCUT2D eigenvalue weighted by Crippen LogP contribution is 2.24. The average molecular weight is 257 g/mol. The van der Waals surface area contributed by atoms with Crippen LogP contribution in [0.2, 0.25) is 0 Å². The molecule has 98 valence electrons. The molecule has 0 spiro atoms. The largest absolute Gasteiger partial charge is 0.497 e. The monoisotopic (exact) mass is 257 g/mol. The number of aldehydes is 1. The predicted molar refractivity (Wildman–Crippen MR) is 71.7 cm³/mol. The fourth-order valence-electron chi connectivity index (χ4n) is 1.70. The van der Waals surface area contributed by atoms with Crippen molar-refractivity contribution in [3.63, 3.8) is 0 Å². The van der Waals surface area contributed by atoms with E-state index in [1.807, 2.05) is 25.1 Å². The molecule has 0 saturated heterocycles. The van der Waals surface area contributed by atoms with Crippen molar-refractivity contribution in [3.05, 3.63) is 53.3 Å². The maximum Gasteiger partial charge on any atom is 0.153 e. The van der Waals surface area contributed by atoms with Gasteiger partial charge in [0.15, 0.2) is 6.29 Å². The van der Waals surface area contributed by atoms with E-state index >= 15 is 0 Å². The lowest BCUT2D eigenvalue weighted by molar-refractivity contribution is 0.111. The smallest absolute Gasteiger partial charge is 0.153 e. The molecule has 0 radical (unpaired) electrons. The van der Waals surface area contributed by atoms with Crippen LogP contribution in [0.5, 0.6) is 11.5 Å². The molecule has 1 aromatic carbocycles. The highest BCUT2D eigenvalue weighted by atomic mass is 16.5. The van der Waals surface area contributed by atoms with Crippen molar-refractivity contribution < 1.29 is 14.3 Å². The van der Waals surface area contributed by atoms with Gasteiger partial charge in [0.05, 0.1) is 18.4 Å². The van der Waals surface area contributed by atoms with Crippen LogP contribution in [0, 0.1) is 6.92 Å². The Kier molecular flexibility index (Phi) is 4.13. The van der Waals surface area contributed by atoms with Gasteiger partial charge in [0.1, 0.15) is 18.1 Å². The van der Waals surface area contributed by atoms with E-state index in [4.69, 9.17) is 9.47 Å². The number of carbonyl (C=O) groups excluding carboxylic acids is 1. The summed E-state index contributed by atoms with van der Waals surface area (Å²) in [6, 6.07) is 10.8. The molecule has 2 rings (SSSR count). The van der Waals surface area contributed by atoms with Gasteiger partial charge >= 0.3 is 0 Å². The van der Waals surface area contributed by atoms with Crippen LogP contribution in [-0.2, 0) is 6.61 Å². The van der Waals surface area contributed by atoms with Crippen LogP contribution < -0.4 is 9.47 Å². The average Bonchev–Trinajstić information content (AvgIpc) is 2.45. The summed E-state index contributed by atoms with van der Waals surface area (Å²) in [5.41, 5.74) is 2.25. The molecule has 0 aliphatic rings. The zero-order chi connectivity index (χ0) is 13.7. The Balaban J connectivity index is 2.16. The van der Waals surface area contributed by atoms with E-state index in [0.29, 0.717) is 23.7 Å².